The van der Waals surface area contributed by atoms with Crippen LogP contribution in [0.5, 0.6) is 0 Å². The number of nitrogens with zero attached hydrogens (tertiary/aromatic N) is 1. The van der Waals surface area contributed by atoms with Gasteiger partial charge in [-0.1, -0.05) is 6.07 Å². The lowest BCUT2D eigenvalue weighted by molar-refractivity contribution is -0.121. The first-order valence-electron chi connectivity index (χ1n) is 7.27. The standard InChI is InChI=1S/C14H21BN2O4S/c1-10(18)6-11-8-17(2)9-13(15(20)21-11)16-14(19)7-12-4-3-5-22-12/h3-5,11,13,20H,6-9H2,1-2H3,(H,16,19)/t11?,13-/m0/s1. The molecule has 1 saturated heterocycles. The largest absolute Gasteiger partial charge is 0.479 e. The molecule has 1 fully saturated rings. The van der Waals surface area contributed by atoms with E-state index in [0.29, 0.717) is 19.5 Å². The molecule has 22 heavy (non-hydrogen) atoms. The summed E-state index contributed by atoms with van der Waals surface area (Å²) in [5, 5.41) is 14.9. The second-order valence-electron chi connectivity index (χ2n) is 5.71. The fourth-order valence-corrected chi connectivity index (χ4v) is 3.27. The highest BCUT2D eigenvalue weighted by Crippen LogP contribution is 2.12. The second-order valence-corrected chi connectivity index (χ2v) is 6.74. The molecule has 2 heterocycles. The van der Waals surface area contributed by atoms with Crippen molar-refractivity contribution in [1.82, 2.24) is 10.2 Å². The lowest BCUT2D eigenvalue weighted by Crippen LogP contribution is -2.51. The summed E-state index contributed by atoms with van der Waals surface area (Å²) in [6, 6.07) is 3.80. The molecule has 0 aliphatic carbocycles. The molecule has 0 bridgehead atoms. The van der Waals surface area contributed by atoms with Crippen molar-refractivity contribution in [2.45, 2.75) is 31.8 Å². The number of thiophene rings is 1. The molecule has 1 unspecified atom stereocenters. The molecule has 2 rings (SSSR count). The zero-order chi connectivity index (χ0) is 16.1. The van der Waals surface area contributed by atoms with Gasteiger partial charge in [0, 0.05) is 24.4 Å². The van der Waals surface area contributed by atoms with E-state index in [2.05, 4.69) is 5.32 Å². The number of hydrogen-bond acceptors (Lipinski definition) is 6. The van der Waals surface area contributed by atoms with E-state index in [1.165, 1.54) is 18.3 Å². The molecular weight excluding hydrogens is 303 g/mol. The van der Waals surface area contributed by atoms with Gasteiger partial charge in [0.2, 0.25) is 5.91 Å². The summed E-state index contributed by atoms with van der Waals surface area (Å²) in [7, 11) is 0.772. The van der Waals surface area contributed by atoms with Gasteiger partial charge < -0.3 is 19.9 Å². The third kappa shape index (κ3) is 5.21. The van der Waals surface area contributed by atoms with Crippen LogP contribution in [-0.2, 0) is 20.7 Å². The van der Waals surface area contributed by atoms with Gasteiger partial charge in [-0.2, -0.15) is 0 Å². The van der Waals surface area contributed by atoms with E-state index in [0.717, 1.165) is 4.88 Å². The summed E-state index contributed by atoms with van der Waals surface area (Å²) < 4.78 is 5.52. The van der Waals surface area contributed by atoms with Crippen LogP contribution in [0.25, 0.3) is 0 Å². The first-order chi connectivity index (χ1) is 10.4. The molecule has 0 saturated carbocycles. The monoisotopic (exact) mass is 324 g/mol. The zero-order valence-electron chi connectivity index (χ0n) is 12.8. The fraction of sp³-hybridized carbons (Fsp3) is 0.571. The number of ketones is 1. The Kier molecular flexibility index (Phi) is 6.13. The van der Waals surface area contributed by atoms with E-state index < -0.39 is 13.1 Å². The van der Waals surface area contributed by atoms with Gasteiger partial charge in [0.1, 0.15) is 5.78 Å². The summed E-state index contributed by atoms with van der Waals surface area (Å²) in [6.07, 6.45) is 0.204. The molecule has 0 aromatic carbocycles. The molecule has 6 nitrogen and oxygen atoms in total. The highest BCUT2D eigenvalue weighted by atomic mass is 32.1. The Balaban J connectivity index is 1.92. The third-order valence-corrected chi connectivity index (χ3v) is 4.35. The number of rotatable bonds is 5. The first-order valence-corrected chi connectivity index (χ1v) is 8.15. The van der Waals surface area contributed by atoms with Gasteiger partial charge in [0.05, 0.1) is 18.5 Å². The molecule has 1 aliphatic heterocycles. The van der Waals surface area contributed by atoms with Crippen LogP contribution in [0.3, 0.4) is 0 Å². The molecule has 1 aromatic heterocycles. The maximum Gasteiger partial charge on any atom is 0.479 e. The lowest BCUT2D eigenvalue weighted by atomic mass is 9.78. The van der Waals surface area contributed by atoms with Crippen molar-refractivity contribution in [3.05, 3.63) is 22.4 Å². The predicted molar refractivity (Wildman–Crippen MR) is 85.6 cm³/mol. The van der Waals surface area contributed by atoms with Crippen LogP contribution in [0.4, 0.5) is 0 Å². The molecule has 0 spiro atoms. The Morgan fingerprint density at radius 2 is 2.32 bits per heavy atom. The van der Waals surface area contributed by atoms with Crippen molar-refractivity contribution in [2.75, 3.05) is 20.1 Å². The van der Waals surface area contributed by atoms with Crippen molar-refractivity contribution >= 4 is 30.1 Å². The van der Waals surface area contributed by atoms with Crippen LogP contribution >= 0.6 is 11.3 Å². The molecule has 1 aliphatic rings. The van der Waals surface area contributed by atoms with Gasteiger partial charge in [0.25, 0.3) is 0 Å². The number of amides is 1. The first kappa shape index (κ1) is 17.1. The number of Topliss-reactive ketones (excluding diaryl/α,β-unsaturated/α-hetero) is 1. The Bertz CT molecular complexity index is 511. The van der Waals surface area contributed by atoms with Gasteiger partial charge in [-0.15, -0.1) is 11.3 Å². The van der Waals surface area contributed by atoms with E-state index in [4.69, 9.17) is 4.65 Å². The fourth-order valence-electron chi connectivity index (χ4n) is 2.56. The van der Waals surface area contributed by atoms with Crippen molar-refractivity contribution in [3.63, 3.8) is 0 Å². The summed E-state index contributed by atoms with van der Waals surface area (Å²) in [4.78, 5) is 26.2. The van der Waals surface area contributed by atoms with Crippen molar-refractivity contribution < 1.29 is 19.3 Å². The van der Waals surface area contributed by atoms with Gasteiger partial charge >= 0.3 is 7.12 Å². The van der Waals surface area contributed by atoms with E-state index in [1.807, 2.05) is 29.5 Å². The van der Waals surface area contributed by atoms with Crippen LogP contribution in [0.2, 0.25) is 0 Å². The van der Waals surface area contributed by atoms with Crippen molar-refractivity contribution in [3.8, 4) is 0 Å². The number of hydrogen-bond donors (Lipinski definition) is 2. The highest BCUT2D eigenvalue weighted by molar-refractivity contribution is 7.10. The molecule has 8 heteroatoms. The van der Waals surface area contributed by atoms with Gasteiger partial charge in [-0.3, -0.25) is 9.59 Å². The molecular formula is C14H21BN2O4S. The Morgan fingerprint density at radius 1 is 1.55 bits per heavy atom. The number of likely N-dealkylation sites (N-methyl/N-ethyl adjacent to an activating group) is 1. The Labute approximate surface area is 134 Å². The van der Waals surface area contributed by atoms with Crippen molar-refractivity contribution in [2.24, 2.45) is 0 Å². The lowest BCUT2D eigenvalue weighted by Gasteiger charge is -2.21. The summed E-state index contributed by atoms with van der Waals surface area (Å²) in [5.74, 6) is -0.631. The third-order valence-electron chi connectivity index (χ3n) is 3.48. The SMILES string of the molecule is CC(=O)CC1CN(C)C[C@H](NC(=O)Cc2cccs2)B(O)O1. The van der Waals surface area contributed by atoms with Gasteiger partial charge in [-0.05, 0) is 25.4 Å². The summed E-state index contributed by atoms with van der Waals surface area (Å²) in [6.45, 7) is 2.53. The molecule has 1 amide bonds. The quantitative estimate of drug-likeness (QED) is 0.752. The van der Waals surface area contributed by atoms with E-state index >= 15 is 0 Å². The minimum atomic E-state index is -1.11. The minimum Gasteiger partial charge on any atom is -0.426 e. The van der Waals surface area contributed by atoms with E-state index in [9.17, 15) is 14.6 Å². The molecule has 2 atom stereocenters. The smallest absolute Gasteiger partial charge is 0.426 e. The van der Waals surface area contributed by atoms with Crippen LogP contribution in [0.1, 0.15) is 18.2 Å². The minimum absolute atomic E-state index is 0.0192. The average Bonchev–Trinajstić information content (AvgIpc) is 2.85. The maximum atomic E-state index is 12.1. The summed E-state index contributed by atoms with van der Waals surface area (Å²) in [5.41, 5.74) is 0. The number of carbonyl (C=O) groups excluding carboxylic acids is 2. The molecule has 0 radical (unpaired) electrons. The van der Waals surface area contributed by atoms with E-state index in [-0.39, 0.29) is 24.2 Å². The zero-order valence-corrected chi connectivity index (χ0v) is 13.6. The van der Waals surface area contributed by atoms with Crippen LogP contribution < -0.4 is 5.32 Å². The average molecular weight is 324 g/mol. The Hall–Kier alpha value is -1.22. The second kappa shape index (κ2) is 7.87. The van der Waals surface area contributed by atoms with Crippen LogP contribution in [0.15, 0.2) is 17.5 Å². The highest BCUT2D eigenvalue weighted by Gasteiger charge is 2.36. The van der Waals surface area contributed by atoms with Crippen molar-refractivity contribution in [1.29, 1.82) is 0 Å². The summed E-state index contributed by atoms with van der Waals surface area (Å²) >= 11 is 1.52. The predicted octanol–water partition coefficient (Wildman–Crippen LogP) is 0.105. The van der Waals surface area contributed by atoms with E-state index in [1.54, 1.807) is 0 Å². The molecule has 120 valence electrons. The van der Waals surface area contributed by atoms with Crippen LogP contribution in [0, 0.1) is 0 Å². The number of carbonyl (C=O) groups is 2. The maximum absolute atomic E-state index is 12.1. The normalized spacial score (nSPS) is 23.1. The number of nitrogens with one attached hydrogen (secondary N) is 1. The molecule has 1 aromatic rings. The van der Waals surface area contributed by atoms with Crippen LogP contribution in [-0.4, -0.2) is 60.9 Å². The van der Waals surface area contributed by atoms with Gasteiger partial charge in [0.15, 0.2) is 0 Å². The van der Waals surface area contributed by atoms with Gasteiger partial charge in [-0.25, -0.2) is 0 Å². The topological polar surface area (TPSA) is 78.9 Å². The Morgan fingerprint density at radius 3 is 2.95 bits per heavy atom. The molecule has 2 N–H and O–H groups in total.